The molecule has 3 rings (SSSR count). The first-order chi connectivity index (χ1) is 8.24. The minimum absolute atomic E-state index is 0.0413. The van der Waals surface area contributed by atoms with Gasteiger partial charge in [0.2, 0.25) is 5.91 Å². The Morgan fingerprint density at radius 1 is 1.12 bits per heavy atom. The molecule has 1 unspecified atom stereocenters. The molecule has 0 radical (unpaired) electrons. The molecule has 90 valence electrons. The summed E-state index contributed by atoms with van der Waals surface area (Å²) in [5, 5.41) is 2.82. The largest absolute Gasteiger partial charge is 0.490 e. The van der Waals surface area contributed by atoms with Crippen LogP contribution in [0.4, 0.5) is 5.69 Å². The van der Waals surface area contributed by atoms with Gasteiger partial charge in [0.25, 0.3) is 0 Å². The highest BCUT2D eigenvalue weighted by Gasteiger charge is 2.24. The number of hydrogen-bond donors (Lipinski definition) is 1. The highest BCUT2D eigenvalue weighted by molar-refractivity contribution is 5.95. The van der Waals surface area contributed by atoms with Crippen molar-refractivity contribution in [1.29, 1.82) is 0 Å². The molecule has 0 bridgehead atoms. The monoisotopic (exact) mass is 235 g/mol. The van der Waals surface area contributed by atoms with Gasteiger partial charge in [0.15, 0.2) is 11.5 Å². The highest BCUT2D eigenvalue weighted by Crippen LogP contribution is 2.40. The lowest BCUT2D eigenvalue weighted by Crippen LogP contribution is -2.22. The number of fused-ring (bicyclic) bond motifs is 2. The molecule has 1 atom stereocenters. The number of rotatable bonds is 0. The SMILES string of the molecule is CC1COc2cc3c(cc2NC1=O)OCCO3. The van der Waals surface area contributed by atoms with Crippen LogP contribution in [0.1, 0.15) is 6.92 Å². The summed E-state index contributed by atoms with van der Waals surface area (Å²) in [5.41, 5.74) is 0.642. The van der Waals surface area contributed by atoms with Crippen LogP contribution < -0.4 is 19.5 Å². The average Bonchev–Trinajstić information content (AvgIpc) is 2.47. The van der Waals surface area contributed by atoms with Crippen LogP contribution in [0.25, 0.3) is 0 Å². The second-order valence-corrected chi connectivity index (χ2v) is 4.19. The summed E-state index contributed by atoms with van der Waals surface area (Å²) in [6.45, 7) is 3.26. The van der Waals surface area contributed by atoms with E-state index in [0.29, 0.717) is 42.8 Å². The van der Waals surface area contributed by atoms with Crippen LogP contribution in [0.15, 0.2) is 12.1 Å². The number of carbonyl (C=O) groups is 1. The van der Waals surface area contributed by atoms with Crippen molar-refractivity contribution < 1.29 is 19.0 Å². The van der Waals surface area contributed by atoms with Crippen molar-refractivity contribution in [2.45, 2.75) is 6.92 Å². The minimum atomic E-state index is -0.165. The van der Waals surface area contributed by atoms with Gasteiger partial charge in [-0.1, -0.05) is 6.92 Å². The van der Waals surface area contributed by atoms with Gasteiger partial charge >= 0.3 is 0 Å². The number of nitrogens with one attached hydrogen (secondary N) is 1. The van der Waals surface area contributed by atoms with Crippen molar-refractivity contribution >= 4 is 11.6 Å². The Balaban J connectivity index is 2.01. The molecule has 0 aromatic heterocycles. The molecule has 0 saturated carbocycles. The molecule has 2 aliphatic heterocycles. The molecule has 0 aliphatic carbocycles. The number of carbonyl (C=O) groups excluding carboxylic acids is 1. The maximum atomic E-state index is 11.7. The Kier molecular flexibility index (Phi) is 2.31. The van der Waals surface area contributed by atoms with Crippen LogP contribution in [0, 0.1) is 5.92 Å². The smallest absolute Gasteiger partial charge is 0.230 e. The maximum Gasteiger partial charge on any atom is 0.230 e. The second-order valence-electron chi connectivity index (χ2n) is 4.19. The van der Waals surface area contributed by atoms with Crippen LogP contribution in [-0.2, 0) is 4.79 Å². The quantitative estimate of drug-likeness (QED) is 0.739. The maximum absolute atomic E-state index is 11.7. The first-order valence-corrected chi connectivity index (χ1v) is 5.61. The first kappa shape index (κ1) is 10.3. The zero-order valence-corrected chi connectivity index (χ0v) is 9.49. The predicted molar refractivity (Wildman–Crippen MR) is 60.7 cm³/mol. The molecule has 1 N–H and O–H groups in total. The first-order valence-electron chi connectivity index (χ1n) is 5.61. The predicted octanol–water partition coefficient (Wildman–Crippen LogP) is 1.42. The lowest BCUT2D eigenvalue weighted by atomic mass is 10.2. The summed E-state index contributed by atoms with van der Waals surface area (Å²) in [6, 6.07) is 3.52. The molecule has 5 nitrogen and oxygen atoms in total. The fourth-order valence-electron chi connectivity index (χ4n) is 1.83. The molecule has 0 saturated heterocycles. The van der Waals surface area contributed by atoms with Crippen molar-refractivity contribution in [2.75, 3.05) is 25.1 Å². The molecule has 0 spiro atoms. The van der Waals surface area contributed by atoms with E-state index in [1.54, 1.807) is 12.1 Å². The zero-order chi connectivity index (χ0) is 11.8. The molecule has 1 aromatic carbocycles. The van der Waals surface area contributed by atoms with Gasteiger partial charge in [-0.05, 0) is 0 Å². The molecule has 1 aromatic rings. The lowest BCUT2D eigenvalue weighted by molar-refractivity contribution is -0.119. The molecule has 2 heterocycles. The van der Waals surface area contributed by atoms with Crippen LogP contribution in [0.3, 0.4) is 0 Å². The van der Waals surface area contributed by atoms with Crippen molar-refractivity contribution in [2.24, 2.45) is 5.92 Å². The molecule has 0 fully saturated rings. The van der Waals surface area contributed by atoms with Crippen molar-refractivity contribution in [3.05, 3.63) is 12.1 Å². The van der Waals surface area contributed by atoms with Gasteiger partial charge in [0.05, 0.1) is 18.2 Å². The van der Waals surface area contributed by atoms with E-state index in [-0.39, 0.29) is 11.8 Å². The van der Waals surface area contributed by atoms with Crippen LogP contribution >= 0.6 is 0 Å². The standard InChI is InChI=1S/C12H13NO4/c1-7-6-17-9-5-11-10(15-2-3-16-11)4-8(9)13-12(7)14/h4-5,7H,2-3,6H2,1H3,(H,13,14). The molecular weight excluding hydrogens is 222 g/mol. The van der Waals surface area contributed by atoms with Gasteiger partial charge in [0.1, 0.15) is 19.0 Å². The average molecular weight is 235 g/mol. The molecular formula is C12H13NO4. The number of benzene rings is 1. The van der Waals surface area contributed by atoms with E-state index in [0.717, 1.165) is 0 Å². The summed E-state index contributed by atoms with van der Waals surface area (Å²) in [6.07, 6.45) is 0. The normalized spacial score (nSPS) is 21.9. The Bertz CT molecular complexity index is 472. The highest BCUT2D eigenvalue weighted by atomic mass is 16.6. The van der Waals surface area contributed by atoms with E-state index in [1.807, 2.05) is 6.92 Å². The number of anilines is 1. The van der Waals surface area contributed by atoms with E-state index < -0.39 is 0 Å². The number of amides is 1. The molecule has 5 heteroatoms. The number of hydrogen-bond acceptors (Lipinski definition) is 4. The Labute approximate surface area is 98.7 Å². The van der Waals surface area contributed by atoms with E-state index in [4.69, 9.17) is 14.2 Å². The van der Waals surface area contributed by atoms with Crippen LogP contribution in [0.2, 0.25) is 0 Å². The summed E-state index contributed by atoms with van der Waals surface area (Å²) < 4.78 is 16.5. The van der Waals surface area contributed by atoms with Gasteiger partial charge in [-0.25, -0.2) is 0 Å². The second kappa shape index (κ2) is 3.84. The van der Waals surface area contributed by atoms with Gasteiger partial charge in [-0.2, -0.15) is 0 Å². The summed E-state index contributed by atoms with van der Waals surface area (Å²) in [7, 11) is 0. The third kappa shape index (κ3) is 1.77. The Morgan fingerprint density at radius 2 is 1.82 bits per heavy atom. The van der Waals surface area contributed by atoms with Gasteiger partial charge in [0, 0.05) is 12.1 Å². The Morgan fingerprint density at radius 3 is 2.59 bits per heavy atom. The van der Waals surface area contributed by atoms with E-state index >= 15 is 0 Å². The third-order valence-corrected chi connectivity index (χ3v) is 2.84. The minimum Gasteiger partial charge on any atom is -0.490 e. The summed E-state index contributed by atoms with van der Waals surface area (Å²) >= 11 is 0. The molecule has 1 amide bonds. The van der Waals surface area contributed by atoms with Crippen molar-refractivity contribution in [3.8, 4) is 17.2 Å². The van der Waals surface area contributed by atoms with Crippen molar-refractivity contribution in [1.82, 2.24) is 0 Å². The molecule has 2 aliphatic rings. The Hall–Kier alpha value is -1.91. The van der Waals surface area contributed by atoms with Crippen molar-refractivity contribution in [3.63, 3.8) is 0 Å². The number of ether oxygens (including phenoxy) is 3. The van der Waals surface area contributed by atoms with E-state index in [2.05, 4.69) is 5.32 Å². The fraction of sp³-hybridized carbons (Fsp3) is 0.417. The van der Waals surface area contributed by atoms with E-state index in [1.165, 1.54) is 0 Å². The summed E-state index contributed by atoms with van der Waals surface area (Å²) in [5.74, 6) is 1.74. The van der Waals surface area contributed by atoms with Gasteiger partial charge < -0.3 is 19.5 Å². The lowest BCUT2D eigenvalue weighted by Gasteiger charge is -2.20. The summed E-state index contributed by atoms with van der Waals surface area (Å²) in [4.78, 5) is 11.7. The van der Waals surface area contributed by atoms with Crippen LogP contribution in [0.5, 0.6) is 17.2 Å². The zero-order valence-electron chi connectivity index (χ0n) is 9.49. The van der Waals surface area contributed by atoms with E-state index in [9.17, 15) is 4.79 Å². The third-order valence-electron chi connectivity index (χ3n) is 2.84. The van der Waals surface area contributed by atoms with Gasteiger partial charge in [-0.3, -0.25) is 4.79 Å². The topological polar surface area (TPSA) is 56.8 Å². The van der Waals surface area contributed by atoms with Gasteiger partial charge in [-0.15, -0.1) is 0 Å². The fourth-order valence-corrected chi connectivity index (χ4v) is 1.83. The molecule has 17 heavy (non-hydrogen) atoms. The van der Waals surface area contributed by atoms with Crippen LogP contribution in [-0.4, -0.2) is 25.7 Å².